The van der Waals surface area contributed by atoms with Crippen molar-refractivity contribution in [3.8, 4) is 0 Å². The van der Waals surface area contributed by atoms with E-state index in [4.69, 9.17) is 10.9 Å². The Kier molecular flexibility index (Phi) is 3.13. The molecule has 0 radical (unpaired) electrons. The second kappa shape index (κ2) is 4.49. The van der Waals surface area contributed by atoms with Crippen molar-refractivity contribution in [2.75, 3.05) is 5.32 Å². The van der Waals surface area contributed by atoms with Gasteiger partial charge in [-0.25, -0.2) is 8.78 Å². The molecule has 0 aliphatic heterocycles. The van der Waals surface area contributed by atoms with Gasteiger partial charge in [-0.2, -0.15) is 0 Å². The van der Waals surface area contributed by atoms with E-state index in [1.165, 1.54) is 13.0 Å². The first-order chi connectivity index (χ1) is 8.92. The highest BCUT2D eigenvalue weighted by atomic mass is 19.1. The van der Waals surface area contributed by atoms with Crippen LogP contribution in [0.1, 0.15) is 18.4 Å². The number of aryl methyl sites for hydroxylation is 1. The van der Waals surface area contributed by atoms with E-state index in [-0.39, 0.29) is 11.4 Å². The second-order valence-electron chi connectivity index (χ2n) is 4.57. The quantitative estimate of drug-likeness (QED) is 0.338. The molecule has 1 aliphatic carbocycles. The van der Waals surface area contributed by atoms with Crippen LogP contribution < -0.4 is 11.1 Å². The fourth-order valence-electron chi connectivity index (χ4n) is 1.82. The summed E-state index contributed by atoms with van der Waals surface area (Å²) in [4.78, 5) is 12.0. The van der Waals surface area contributed by atoms with Crippen molar-refractivity contribution in [2.45, 2.75) is 19.8 Å². The molecule has 0 saturated heterocycles. The number of amides is 1. The summed E-state index contributed by atoms with van der Waals surface area (Å²) in [6, 6.07) is 2.34. The van der Waals surface area contributed by atoms with Crippen LogP contribution in [0.4, 0.5) is 14.5 Å². The number of hydrogen-bond donors (Lipinski definition) is 3. The molecule has 1 fully saturated rings. The van der Waals surface area contributed by atoms with Gasteiger partial charge in [-0.05, 0) is 31.4 Å². The van der Waals surface area contributed by atoms with Crippen LogP contribution in [0.5, 0.6) is 0 Å². The molecule has 102 valence electrons. The highest BCUT2D eigenvalue weighted by Crippen LogP contribution is 2.47. The van der Waals surface area contributed by atoms with Gasteiger partial charge in [-0.3, -0.25) is 4.79 Å². The van der Waals surface area contributed by atoms with Crippen molar-refractivity contribution in [3.05, 3.63) is 29.3 Å². The summed E-state index contributed by atoms with van der Waals surface area (Å²) in [6.07, 6.45) is 0.758. The van der Waals surface area contributed by atoms with Crippen molar-refractivity contribution in [2.24, 2.45) is 16.3 Å². The van der Waals surface area contributed by atoms with Gasteiger partial charge in [0.1, 0.15) is 16.9 Å². The molecule has 2 rings (SSSR count). The Hall–Kier alpha value is -2.18. The molecule has 0 aromatic heterocycles. The minimum atomic E-state index is -1.16. The minimum Gasteiger partial charge on any atom is -0.409 e. The number of nitrogens with one attached hydrogen (secondary N) is 1. The Morgan fingerprint density at radius 1 is 1.47 bits per heavy atom. The summed E-state index contributed by atoms with van der Waals surface area (Å²) >= 11 is 0. The van der Waals surface area contributed by atoms with Gasteiger partial charge in [0.2, 0.25) is 5.91 Å². The third-order valence-corrected chi connectivity index (χ3v) is 3.31. The molecule has 0 heterocycles. The lowest BCUT2D eigenvalue weighted by molar-refractivity contribution is -0.119. The van der Waals surface area contributed by atoms with Crippen molar-refractivity contribution in [3.63, 3.8) is 0 Å². The van der Waals surface area contributed by atoms with E-state index in [0.717, 1.165) is 6.07 Å². The smallest absolute Gasteiger partial charge is 0.238 e. The standard InChI is InChI=1S/C12H13F2N3O2/c1-6-2-3-7(13)9(8(6)14)16-11(18)12(4-5-12)10(15)17-19/h2-3,19H,4-5H2,1H3,(H2,15,17)(H,16,18). The Labute approximate surface area is 108 Å². The summed E-state index contributed by atoms with van der Waals surface area (Å²) in [5.41, 5.74) is 3.97. The number of halogens is 2. The lowest BCUT2D eigenvalue weighted by atomic mass is 10.0. The highest BCUT2D eigenvalue weighted by Gasteiger charge is 2.54. The van der Waals surface area contributed by atoms with Crippen LogP contribution in [0, 0.1) is 24.0 Å². The van der Waals surface area contributed by atoms with Gasteiger partial charge in [-0.1, -0.05) is 11.2 Å². The minimum absolute atomic E-state index is 0.213. The number of nitrogens with two attached hydrogens (primary N) is 1. The van der Waals surface area contributed by atoms with Crippen molar-refractivity contribution >= 4 is 17.4 Å². The molecular weight excluding hydrogens is 256 g/mol. The van der Waals surface area contributed by atoms with E-state index in [9.17, 15) is 13.6 Å². The molecule has 0 atom stereocenters. The summed E-state index contributed by atoms with van der Waals surface area (Å²) in [5, 5.41) is 13.6. The Morgan fingerprint density at radius 2 is 2.11 bits per heavy atom. The summed E-state index contributed by atoms with van der Waals surface area (Å²) < 4.78 is 27.3. The zero-order valence-corrected chi connectivity index (χ0v) is 10.2. The van der Waals surface area contributed by atoms with Crippen LogP contribution in [-0.2, 0) is 4.79 Å². The number of amidine groups is 1. The van der Waals surface area contributed by atoms with E-state index in [1.54, 1.807) is 0 Å². The van der Waals surface area contributed by atoms with Gasteiger partial charge in [0.25, 0.3) is 0 Å². The van der Waals surface area contributed by atoms with E-state index >= 15 is 0 Å². The Balaban J connectivity index is 2.28. The number of carbonyl (C=O) groups is 1. The third-order valence-electron chi connectivity index (χ3n) is 3.31. The summed E-state index contributed by atoms with van der Waals surface area (Å²) in [6.45, 7) is 1.46. The van der Waals surface area contributed by atoms with Crippen LogP contribution in [0.2, 0.25) is 0 Å². The third kappa shape index (κ3) is 2.11. The fraction of sp³-hybridized carbons (Fsp3) is 0.333. The molecule has 1 aromatic carbocycles. The Morgan fingerprint density at radius 3 is 2.63 bits per heavy atom. The topological polar surface area (TPSA) is 87.7 Å². The SMILES string of the molecule is Cc1ccc(F)c(NC(=O)C2(/C(N)=N/O)CC2)c1F. The molecular formula is C12H13F2N3O2. The molecule has 1 aliphatic rings. The largest absolute Gasteiger partial charge is 0.409 e. The number of carbonyl (C=O) groups excluding carboxylic acids is 1. The molecule has 1 saturated carbocycles. The lowest BCUT2D eigenvalue weighted by Crippen LogP contribution is -2.37. The molecule has 4 N–H and O–H groups in total. The fourth-order valence-corrected chi connectivity index (χ4v) is 1.82. The van der Waals surface area contributed by atoms with Gasteiger partial charge in [-0.15, -0.1) is 0 Å². The van der Waals surface area contributed by atoms with E-state index < -0.39 is 28.6 Å². The summed E-state index contributed by atoms with van der Waals surface area (Å²) in [7, 11) is 0. The van der Waals surface area contributed by atoms with Gasteiger partial charge < -0.3 is 16.3 Å². The average molecular weight is 269 g/mol. The first-order valence-electron chi connectivity index (χ1n) is 5.66. The maximum absolute atomic E-state index is 13.7. The van der Waals surface area contributed by atoms with Crippen LogP contribution in [-0.4, -0.2) is 17.0 Å². The monoisotopic (exact) mass is 269 g/mol. The maximum Gasteiger partial charge on any atom is 0.238 e. The molecule has 0 spiro atoms. The number of nitrogens with zero attached hydrogens (tertiary/aromatic N) is 1. The molecule has 19 heavy (non-hydrogen) atoms. The highest BCUT2D eigenvalue weighted by molar-refractivity contribution is 6.14. The van der Waals surface area contributed by atoms with Gasteiger partial charge in [0, 0.05) is 0 Å². The van der Waals surface area contributed by atoms with Crippen LogP contribution >= 0.6 is 0 Å². The number of hydrogen-bond acceptors (Lipinski definition) is 3. The van der Waals surface area contributed by atoms with E-state index in [0.29, 0.717) is 12.8 Å². The molecule has 0 bridgehead atoms. The van der Waals surface area contributed by atoms with Gasteiger partial charge >= 0.3 is 0 Å². The first kappa shape index (κ1) is 13.3. The summed E-state index contributed by atoms with van der Waals surface area (Å²) in [5.74, 6) is -2.62. The van der Waals surface area contributed by atoms with Crippen molar-refractivity contribution in [1.82, 2.24) is 0 Å². The second-order valence-corrected chi connectivity index (χ2v) is 4.57. The predicted octanol–water partition coefficient (Wildman–Crippen LogP) is 1.74. The predicted molar refractivity (Wildman–Crippen MR) is 64.8 cm³/mol. The first-order valence-corrected chi connectivity index (χ1v) is 5.66. The molecule has 1 aromatic rings. The maximum atomic E-state index is 13.7. The molecule has 1 amide bonds. The lowest BCUT2D eigenvalue weighted by Gasteiger charge is -2.15. The van der Waals surface area contributed by atoms with Gasteiger partial charge in [0.15, 0.2) is 11.7 Å². The molecule has 0 unspecified atom stereocenters. The number of benzene rings is 1. The zero-order valence-electron chi connectivity index (χ0n) is 10.2. The van der Waals surface area contributed by atoms with Crippen molar-refractivity contribution < 1.29 is 18.8 Å². The van der Waals surface area contributed by atoms with E-state index in [2.05, 4.69) is 10.5 Å². The zero-order chi connectivity index (χ0) is 14.2. The van der Waals surface area contributed by atoms with Crippen LogP contribution in [0.3, 0.4) is 0 Å². The van der Waals surface area contributed by atoms with E-state index in [1.807, 2.05) is 0 Å². The molecule has 5 nitrogen and oxygen atoms in total. The van der Waals surface area contributed by atoms with Crippen LogP contribution in [0.15, 0.2) is 17.3 Å². The number of anilines is 1. The number of rotatable bonds is 3. The van der Waals surface area contributed by atoms with Gasteiger partial charge in [0.05, 0.1) is 0 Å². The van der Waals surface area contributed by atoms with Crippen LogP contribution in [0.25, 0.3) is 0 Å². The normalized spacial score (nSPS) is 17.1. The Bertz CT molecular complexity index is 568. The molecule has 7 heteroatoms. The average Bonchev–Trinajstić information content (AvgIpc) is 3.19. The number of oxime groups is 1. The van der Waals surface area contributed by atoms with Crippen molar-refractivity contribution in [1.29, 1.82) is 0 Å².